The number of hydrogen-bond donors (Lipinski definition) is 3. The maximum absolute atomic E-state index is 10.9. The van der Waals surface area contributed by atoms with E-state index in [0.717, 1.165) is 0 Å². The van der Waals surface area contributed by atoms with Gasteiger partial charge in [0, 0.05) is 0 Å². The highest BCUT2D eigenvalue weighted by Gasteiger charge is 2.00. The number of anilines is 1. The van der Waals surface area contributed by atoms with E-state index in [-0.39, 0.29) is 16.3 Å². The van der Waals surface area contributed by atoms with Crippen molar-refractivity contribution in [2.75, 3.05) is 5.73 Å². The molecule has 0 radical (unpaired) electrons. The first-order valence-electron chi connectivity index (χ1n) is 2.74. The summed E-state index contributed by atoms with van der Waals surface area (Å²) in [6.45, 7) is 3.18. The first kappa shape index (κ1) is 7.67. The monoisotopic (exact) mass is 170 g/mol. The fourth-order valence-electron chi connectivity index (χ4n) is 0.654. The molecule has 0 amide bonds. The molecule has 0 aliphatic heterocycles. The van der Waals surface area contributed by atoms with Crippen LogP contribution in [0.25, 0.3) is 0 Å². The zero-order valence-electron chi connectivity index (χ0n) is 5.55. The van der Waals surface area contributed by atoms with Gasteiger partial charge in [-0.1, -0.05) is 0 Å². The van der Waals surface area contributed by atoms with Crippen LogP contribution in [0.2, 0.25) is 0 Å². The molecule has 0 fully saturated rings. The van der Waals surface area contributed by atoms with Crippen molar-refractivity contribution in [1.29, 1.82) is 0 Å². The summed E-state index contributed by atoms with van der Waals surface area (Å²) in [7, 11) is 0. The fraction of sp³-hybridized carbons (Fsp3) is 0. The molecule has 1 aromatic heterocycles. The molecule has 0 bridgehead atoms. The highest BCUT2D eigenvalue weighted by molar-refractivity contribution is 7.71. The summed E-state index contributed by atoms with van der Waals surface area (Å²) in [5.74, 6) is 0.133. The average molecular weight is 170 g/mol. The van der Waals surface area contributed by atoms with Gasteiger partial charge in [0.05, 0.1) is 0 Å². The molecular weight excluding hydrogens is 164 g/mol. The van der Waals surface area contributed by atoms with E-state index in [2.05, 4.69) is 33.9 Å². The number of nitrogens with one attached hydrogen (secondary N) is 2. The highest BCUT2D eigenvalue weighted by atomic mass is 32.1. The number of nitrogen functional groups attached to an aromatic ring is 1. The van der Waals surface area contributed by atoms with Crippen LogP contribution in [0.15, 0.2) is 9.79 Å². The predicted molar refractivity (Wildman–Crippen MR) is 45.9 cm³/mol. The van der Waals surface area contributed by atoms with E-state index in [1.165, 1.54) is 0 Å². The van der Waals surface area contributed by atoms with Crippen molar-refractivity contribution >= 4 is 30.4 Å². The number of hydrogen-bond acceptors (Lipinski definition) is 4. The van der Waals surface area contributed by atoms with Crippen LogP contribution in [-0.2, 0) is 0 Å². The van der Waals surface area contributed by atoms with Crippen LogP contribution in [0.3, 0.4) is 0 Å². The third-order valence-electron chi connectivity index (χ3n) is 1.10. The molecule has 4 N–H and O–H groups in total. The zero-order valence-corrected chi connectivity index (χ0v) is 6.36. The minimum Gasteiger partial charge on any atom is -0.383 e. The second-order valence-corrected chi connectivity index (χ2v) is 2.24. The topological polar surface area (TPSA) is 87.0 Å². The van der Waals surface area contributed by atoms with Crippen LogP contribution >= 0.6 is 12.2 Å². The second-order valence-electron chi connectivity index (χ2n) is 1.83. The average Bonchev–Trinajstić information content (AvgIpc) is 1.85. The maximum Gasteiger partial charge on any atom is 0.279 e. The van der Waals surface area contributed by atoms with Crippen molar-refractivity contribution in [2.45, 2.75) is 0 Å². The van der Waals surface area contributed by atoms with Crippen LogP contribution in [0, 0.1) is 4.77 Å². The fourth-order valence-corrected chi connectivity index (χ4v) is 0.857. The lowest BCUT2D eigenvalue weighted by Crippen LogP contribution is -2.09. The lowest BCUT2D eigenvalue weighted by molar-refractivity contribution is 1.09. The van der Waals surface area contributed by atoms with Gasteiger partial charge in [-0.3, -0.25) is 14.8 Å². The largest absolute Gasteiger partial charge is 0.383 e. The van der Waals surface area contributed by atoms with E-state index >= 15 is 0 Å². The van der Waals surface area contributed by atoms with Gasteiger partial charge in [0.2, 0.25) is 0 Å². The predicted octanol–water partition coefficient (Wildman–Crippen LogP) is 0.347. The number of rotatable bonds is 1. The maximum atomic E-state index is 10.9. The van der Waals surface area contributed by atoms with E-state index in [9.17, 15) is 4.79 Å². The lowest BCUT2D eigenvalue weighted by atomic mass is 10.5. The summed E-state index contributed by atoms with van der Waals surface area (Å²) < 4.78 is 0.180. The Morgan fingerprint density at radius 2 is 2.18 bits per heavy atom. The van der Waals surface area contributed by atoms with Crippen LogP contribution in [0.5, 0.6) is 0 Å². The SMILES string of the molecule is C=Nc1c(N)[nH]c(=S)[nH]c1=O. The molecule has 0 saturated heterocycles. The molecule has 0 aliphatic carbocycles. The van der Waals surface area contributed by atoms with Crippen molar-refractivity contribution in [1.82, 2.24) is 9.97 Å². The summed E-state index contributed by atoms with van der Waals surface area (Å²) in [6.07, 6.45) is 0. The Kier molecular flexibility index (Phi) is 1.86. The summed E-state index contributed by atoms with van der Waals surface area (Å²) in [5, 5.41) is 0. The molecule has 1 rings (SSSR count). The lowest BCUT2D eigenvalue weighted by Gasteiger charge is -1.95. The molecule has 0 aliphatic rings. The third-order valence-corrected chi connectivity index (χ3v) is 1.31. The van der Waals surface area contributed by atoms with Gasteiger partial charge in [-0.15, -0.1) is 0 Å². The minimum atomic E-state index is -0.429. The first-order chi connectivity index (χ1) is 5.15. The van der Waals surface area contributed by atoms with Crippen molar-refractivity contribution in [2.24, 2.45) is 4.99 Å². The molecule has 0 unspecified atom stereocenters. The summed E-state index contributed by atoms with van der Waals surface area (Å²) >= 11 is 4.64. The zero-order chi connectivity index (χ0) is 8.43. The Bertz CT molecular complexity index is 390. The number of aromatic nitrogens is 2. The molecule has 11 heavy (non-hydrogen) atoms. The number of nitrogens with zero attached hydrogens (tertiary/aromatic N) is 1. The van der Waals surface area contributed by atoms with E-state index < -0.39 is 5.56 Å². The molecule has 1 aromatic rings. The van der Waals surface area contributed by atoms with Gasteiger partial charge in [-0.05, 0) is 18.9 Å². The third kappa shape index (κ3) is 1.35. The van der Waals surface area contributed by atoms with Crippen molar-refractivity contribution < 1.29 is 0 Å². The van der Waals surface area contributed by atoms with Gasteiger partial charge in [0.15, 0.2) is 10.5 Å². The first-order valence-corrected chi connectivity index (χ1v) is 3.15. The molecule has 5 nitrogen and oxygen atoms in total. The van der Waals surface area contributed by atoms with Gasteiger partial charge in [0.25, 0.3) is 5.56 Å². The van der Waals surface area contributed by atoms with Crippen molar-refractivity contribution in [3.63, 3.8) is 0 Å². The molecule has 0 spiro atoms. The normalized spacial score (nSPS) is 9.45. The Labute approximate surface area is 67.0 Å². The van der Waals surface area contributed by atoms with E-state index in [0.29, 0.717) is 0 Å². The second kappa shape index (κ2) is 2.67. The molecule has 58 valence electrons. The number of nitrogens with two attached hydrogens (primary N) is 1. The summed E-state index contributed by atoms with van der Waals surface area (Å²) in [6, 6.07) is 0. The van der Waals surface area contributed by atoms with Crippen molar-refractivity contribution in [3.8, 4) is 0 Å². The molecule has 6 heteroatoms. The van der Waals surface area contributed by atoms with Crippen molar-refractivity contribution in [3.05, 3.63) is 15.1 Å². The molecule has 0 atom stereocenters. The number of aliphatic imine (C=N–C) groups is 1. The number of aromatic amines is 2. The van der Waals surface area contributed by atoms with E-state index in [1.54, 1.807) is 0 Å². The van der Waals surface area contributed by atoms with Gasteiger partial charge in [-0.25, -0.2) is 0 Å². The Morgan fingerprint density at radius 1 is 1.55 bits per heavy atom. The molecule has 1 heterocycles. The molecule has 0 aromatic carbocycles. The Hall–Kier alpha value is -1.43. The highest BCUT2D eigenvalue weighted by Crippen LogP contribution is 2.09. The van der Waals surface area contributed by atoms with Gasteiger partial charge in [-0.2, -0.15) is 0 Å². The van der Waals surface area contributed by atoms with Crippen LogP contribution in [-0.4, -0.2) is 16.7 Å². The Balaban J connectivity index is 3.62. The van der Waals surface area contributed by atoms with Gasteiger partial charge in [0.1, 0.15) is 5.82 Å². The van der Waals surface area contributed by atoms with Crippen LogP contribution in [0.1, 0.15) is 0 Å². The molecule has 0 saturated carbocycles. The van der Waals surface area contributed by atoms with Gasteiger partial charge < -0.3 is 10.7 Å². The van der Waals surface area contributed by atoms with E-state index in [4.69, 9.17) is 5.73 Å². The van der Waals surface area contributed by atoms with E-state index in [1.807, 2.05) is 0 Å². The smallest absolute Gasteiger partial charge is 0.279 e. The minimum absolute atomic E-state index is 0.0681. The Morgan fingerprint density at radius 3 is 2.64 bits per heavy atom. The standard InChI is InChI=1S/C5H6N4OS/c1-7-2-3(6)8-5(11)9-4(2)10/h1H2,(H4,6,8,9,10,11). The quantitative estimate of drug-likeness (QED) is 0.419. The molecular formula is C5H6N4OS. The summed E-state index contributed by atoms with van der Waals surface area (Å²) in [5.41, 5.74) is 5.00. The summed E-state index contributed by atoms with van der Waals surface area (Å²) in [4.78, 5) is 19.2. The van der Waals surface area contributed by atoms with Gasteiger partial charge >= 0.3 is 0 Å². The van der Waals surface area contributed by atoms with Crippen LogP contribution < -0.4 is 11.3 Å². The van der Waals surface area contributed by atoms with Crippen LogP contribution in [0.4, 0.5) is 11.5 Å². The number of H-pyrrole nitrogens is 2.